The highest BCUT2D eigenvalue weighted by Gasteiger charge is 2.02. The maximum absolute atomic E-state index is 11.2. The first-order chi connectivity index (χ1) is 8.26. The highest BCUT2D eigenvalue weighted by Crippen LogP contribution is 2.07. The summed E-state index contributed by atoms with van der Waals surface area (Å²) in [5.41, 5.74) is 2.51. The molecule has 1 N–H and O–H groups in total. The summed E-state index contributed by atoms with van der Waals surface area (Å²) in [6.07, 6.45) is 2.25. The number of nitrogens with one attached hydrogen (secondary N) is 1. The minimum Gasteiger partial charge on any atom is -0.466 e. The first-order valence-corrected chi connectivity index (χ1v) is 6.14. The van der Waals surface area contributed by atoms with E-state index in [1.807, 2.05) is 14.0 Å². The van der Waals surface area contributed by atoms with Crippen LogP contribution in [0.2, 0.25) is 0 Å². The fraction of sp³-hybridized carbons (Fsp3) is 0.500. The van der Waals surface area contributed by atoms with Crippen molar-refractivity contribution in [3.05, 3.63) is 35.4 Å². The maximum Gasteiger partial charge on any atom is 0.306 e. The summed E-state index contributed by atoms with van der Waals surface area (Å²) < 4.78 is 4.89. The molecule has 0 fully saturated rings. The molecule has 1 aromatic carbocycles. The molecule has 1 aromatic rings. The lowest BCUT2D eigenvalue weighted by atomic mass is 10.1. The highest BCUT2D eigenvalue weighted by atomic mass is 16.5. The maximum atomic E-state index is 11.2. The van der Waals surface area contributed by atoms with Crippen molar-refractivity contribution in [1.29, 1.82) is 0 Å². The fourth-order valence-corrected chi connectivity index (χ4v) is 1.62. The van der Waals surface area contributed by atoms with E-state index < -0.39 is 0 Å². The van der Waals surface area contributed by atoms with E-state index in [1.54, 1.807) is 0 Å². The summed E-state index contributed by atoms with van der Waals surface area (Å²) in [6.45, 7) is 3.28. The number of ether oxygens (including phenoxy) is 1. The van der Waals surface area contributed by atoms with Crippen LogP contribution in [-0.4, -0.2) is 26.2 Å². The lowest BCUT2D eigenvalue weighted by Crippen LogP contribution is -2.10. The SMILES string of the molecule is CCOC(=O)CCc1ccc(CCNC)cc1. The molecule has 3 heteroatoms. The van der Waals surface area contributed by atoms with Crippen molar-refractivity contribution in [3.8, 4) is 0 Å². The number of carbonyl (C=O) groups is 1. The standard InChI is InChI=1S/C14H21NO2/c1-3-17-14(16)9-8-12-4-6-13(7-5-12)10-11-15-2/h4-7,15H,3,8-11H2,1-2H3. The zero-order valence-corrected chi connectivity index (χ0v) is 10.7. The van der Waals surface area contributed by atoms with Crippen LogP contribution in [0.1, 0.15) is 24.5 Å². The number of rotatable bonds is 7. The van der Waals surface area contributed by atoms with Crippen molar-refractivity contribution in [2.24, 2.45) is 0 Å². The van der Waals surface area contributed by atoms with Gasteiger partial charge in [0.1, 0.15) is 0 Å². The minimum absolute atomic E-state index is 0.119. The molecule has 0 heterocycles. The van der Waals surface area contributed by atoms with Gasteiger partial charge in [0.2, 0.25) is 0 Å². The Kier molecular flexibility index (Phi) is 6.33. The molecular formula is C14H21NO2. The van der Waals surface area contributed by atoms with Crippen LogP contribution >= 0.6 is 0 Å². The molecule has 0 amide bonds. The van der Waals surface area contributed by atoms with Gasteiger partial charge in [-0.15, -0.1) is 0 Å². The van der Waals surface area contributed by atoms with Gasteiger partial charge in [0.15, 0.2) is 0 Å². The molecule has 0 saturated heterocycles. The number of esters is 1. The summed E-state index contributed by atoms with van der Waals surface area (Å²) >= 11 is 0. The van der Waals surface area contributed by atoms with Gasteiger partial charge in [-0.05, 0) is 44.5 Å². The number of carbonyl (C=O) groups excluding carboxylic acids is 1. The number of aryl methyl sites for hydroxylation is 1. The Bertz CT molecular complexity index is 333. The van der Waals surface area contributed by atoms with Crippen molar-refractivity contribution < 1.29 is 9.53 Å². The van der Waals surface area contributed by atoms with E-state index in [-0.39, 0.29) is 5.97 Å². The van der Waals surface area contributed by atoms with E-state index in [4.69, 9.17) is 4.74 Å². The van der Waals surface area contributed by atoms with Crippen molar-refractivity contribution >= 4 is 5.97 Å². The third-order valence-electron chi connectivity index (χ3n) is 2.61. The summed E-state index contributed by atoms with van der Waals surface area (Å²) in [7, 11) is 1.95. The molecule has 0 radical (unpaired) electrons. The Hall–Kier alpha value is -1.35. The van der Waals surface area contributed by atoms with Crippen LogP contribution in [0.4, 0.5) is 0 Å². The normalized spacial score (nSPS) is 10.2. The van der Waals surface area contributed by atoms with Crippen molar-refractivity contribution in [1.82, 2.24) is 5.32 Å². The van der Waals surface area contributed by atoms with E-state index in [2.05, 4.69) is 29.6 Å². The van der Waals surface area contributed by atoms with E-state index in [0.717, 1.165) is 19.4 Å². The number of hydrogen-bond donors (Lipinski definition) is 1. The second kappa shape index (κ2) is 7.85. The molecule has 0 spiro atoms. The fourth-order valence-electron chi connectivity index (χ4n) is 1.62. The Morgan fingerprint density at radius 3 is 2.29 bits per heavy atom. The van der Waals surface area contributed by atoms with Gasteiger partial charge in [-0.25, -0.2) is 0 Å². The molecule has 0 aromatic heterocycles. The van der Waals surface area contributed by atoms with E-state index >= 15 is 0 Å². The monoisotopic (exact) mass is 235 g/mol. The Balaban J connectivity index is 2.37. The average molecular weight is 235 g/mol. The third kappa shape index (κ3) is 5.50. The van der Waals surface area contributed by atoms with Crippen LogP contribution in [0.5, 0.6) is 0 Å². The molecule has 3 nitrogen and oxygen atoms in total. The van der Waals surface area contributed by atoms with Gasteiger partial charge >= 0.3 is 5.97 Å². The third-order valence-corrected chi connectivity index (χ3v) is 2.61. The molecule has 1 rings (SSSR count). The van der Waals surface area contributed by atoms with Gasteiger partial charge in [0, 0.05) is 6.42 Å². The van der Waals surface area contributed by atoms with Crippen LogP contribution in [0.3, 0.4) is 0 Å². The van der Waals surface area contributed by atoms with Crippen LogP contribution < -0.4 is 5.32 Å². The molecule has 0 aliphatic rings. The Labute approximate surface area is 103 Å². The summed E-state index contributed by atoms with van der Waals surface area (Å²) in [5, 5.41) is 3.12. The van der Waals surface area contributed by atoms with Crippen molar-refractivity contribution in [2.75, 3.05) is 20.2 Å². The van der Waals surface area contributed by atoms with Gasteiger partial charge in [-0.1, -0.05) is 24.3 Å². The molecule has 17 heavy (non-hydrogen) atoms. The van der Waals surface area contributed by atoms with Crippen LogP contribution in [0, 0.1) is 0 Å². The molecule has 0 atom stereocenters. The van der Waals surface area contributed by atoms with Crippen LogP contribution in [0.15, 0.2) is 24.3 Å². The second-order valence-corrected chi connectivity index (χ2v) is 3.98. The lowest BCUT2D eigenvalue weighted by Gasteiger charge is -2.04. The molecular weight excluding hydrogens is 214 g/mol. The molecule has 0 saturated carbocycles. The topological polar surface area (TPSA) is 38.3 Å². The predicted molar refractivity (Wildman–Crippen MR) is 69.0 cm³/mol. The summed E-state index contributed by atoms with van der Waals surface area (Å²) in [4.78, 5) is 11.2. The molecule has 0 aliphatic heterocycles. The van der Waals surface area contributed by atoms with Gasteiger partial charge in [-0.3, -0.25) is 4.79 Å². The van der Waals surface area contributed by atoms with Gasteiger partial charge in [0.25, 0.3) is 0 Å². The Morgan fingerprint density at radius 1 is 1.18 bits per heavy atom. The van der Waals surface area contributed by atoms with Gasteiger partial charge < -0.3 is 10.1 Å². The number of likely N-dealkylation sites (N-methyl/N-ethyl adjacent to an activating group) is 1. The quantitative estimate of drug-likeness (QED) is 0.734. The Morgan fingerprint density at radius 2 is 1.76 bits per heavy atom. The van der Waals surface area contributed by atoms with Crippen LogP contribution in [-0.2, 0) is 22.4 Å². The summed E-state index contributed by atoms with van der Waals surface area (Å²) in [5.74, 6) is -0.119. The first kappa shape index (κ1) is 13.7. The first-order valence-electron chi connectivity index (χ1n) is 6.14. The molecule has 0 aliphatic carbocycles. The molecule has 0 unspecified atom stereocenters. The zero-order chi connectivity index (χ0) is 12.5. The van der Waals surface area contributed by atoms with Gasteiger partial charge in [-0.2, -0.15) is 0 Å². The van der Waals surface area contributed by atoms with Crippen molar-refractivity contribution in [3.63, 3.8) is 0 Å². The second-order valence-electron chi connectivity index (χ2n) is 3.98. The molecule has 94 valence electrons. The lowest BCUT2D eigenvalue weighted by molar-refractivity contribution is -0.143. The number of benzene rings is 1. The highest BCUT2D eigenvalue weighted by molar-refractivity contribution is 5.69. The smallest absolute Gasteiger partial charge is 0.306 e. The van der Waals surface area contributed by atoms with Gasteiger partial charge in [0.05, 0.1) is 6.61 Å². The van der Waals surface area contributed by atoms with E-state index in [1.165, 1.54) is 11.1 Å². The van der Waals surface area contributed by atoms with Crippen molar-refractivity contribution in [2.45, 2.75) is 26.2 Å². The van der Waals surface area contributed by atoms with Crippen LogP contribution in [0.25, 0.3) is 0 Å². The zero-order valence-electron chi connectivity index (χ0n) is 10.7. The van der Waals surface area contributed by atoms with E-state index in [9.17, 15) is 4.79 Å². The minimum atomic E-state index is -0.119. The predicted octanol–water partition coefficient (Wildman–Crippen LogP) is 1.94. The summed E-state index contributed by atoms with van der Waals surface area (Å²) in [6, 6.07) is 8.42. The number of hydrogen-bond acceptors (Lipinski definition) is 3. The average Bonchev–Trinajstić information content (AvgIpc) is 2.35. The largest absolute Gasteiger partial charge is 0.466 e. The van der Waals surface area contributed by atoms with E-state index in [0.29, 0.717) is 13.0 Å². The molecule has 0 bridgehead atoms.